The summed E-state index contributed by atoms with van der Waals surface area (Å²) in [7, 11) is 2.08. The molecule has 0 spiro atoms. The predicted molar refractivity (Wildman–Crippen MR) is 75.0 cm³/mol. The Kier molecular flexibility index (Phi) is 8.59. The number of hydrogen-bond acceptors (Lipinski definition) is 4. The van der Waals surface area contributed by atoms with Gasteiger partial charge in [-0.3, -0.25) is 4.90 Å². The Morgan fingerprint density at radius 2 is 1.67 bits per heavy atom. The van der Waals surface area contributed by atoms with Crippen LogP contribution in [0.4, 0.5) is 0 Å². The van der Waals surface area contributed by atoms with Crippen molar-refractivity contribution in [3.63, 3.8) is 0 Å². The van der Waals surface area contributed by atoms with Gasteiger partial charge in [-0.2, -0.15) is 0 Å². The van der Waals surface area contributed by atoms with Gasteiger partial charge in [-0.05, 0) is 39.7 Å². The molecule has 1 fully saturated rings. The number of hydrogen-bond donors (Lipinski definition) is 1. The molecule has 1 atom stereocenters. The van der Waals surface area contributed by atoms with Gasteiger partial charge < -0.3 is 14.8 Å². The second kappa shape index (κ2) is 9.73. The average Bonchev–Trinajstić information content (AvgIpc) is 3.20. The molecule has 0 radical (unpaired) electrons. The van der Waals surface area contributed by atoms with E-state index in [4.69, 9.17) is 9.47 Å². The molecule has 1 aliphatic rings. The lowest BCUT2D eigenvalue weighted by Crippen LogP contribution is -2.43. The molecule has 108 valence electrons. The zero-order valence-corrected chi connectivity index (χ0v) is 12.3. The molecule has 0 amide bonds. The van der Waals surface area contributed by atoms with Crippen molar-refractivity contribution in [3.05, 3.63) is 0 Å². The topological polar surface area (TPSA) is 33.7 Å². The standard InChI is InChI=1S/C14H30N2O2/c1-4-17-10-8-16(9-11-18-5-2)12-14(15-3)13-6-7-13/h13-15H,4-12H2,1-3H3. The Morgan fingerprint density at radius 3 is 2.06 bits per heavy atom. The van der Waals surface area contributed by atoms with Gasteiger partial charge in [0.2, 0.25) is 0 Å². The van der Waals surface area contributed by atoms with E-state index < -0.39 is 0 Å². The summed E-state index contributed by atoms with van der Waals surface area (Å²) in [6.45, 7) is 10.5. The Morgan fingerprint density at radius 1 is 1.11 bits per heavy atom. The highest BCUT2D eigenvalue weighted by molar-refractivity contribution is 4.87. The van der Waals surface area contributed by atoms with E-state index in [1.54, 1.807) is 0 Å². The van der Waals surface area contributed by atoms with Crippen molar-refractivity contribution in [2.75, 3.05) is 53.1 Å². The smallest absolute Gasteiger partial charge is 0.0593 e. The van der Waals surface area contributed by atoms with Crippen LogP contribution in [-0.2, 0) is 9.47 Å². The molecule has 1 saturated carbocycles. The average molecular weight is 258 g/mol. The molecule has 0 heterocycles. The van der Waals surface area contributed by atoms with Crippen molar-refractivity contribution in [3.8, 4) is 0 Å². The molecule has 0 saturated heterocycles. The third kappa shape index (κ3) is 6.69. The zero-order chi connectivity index (χ0) is 13.2. The Bertz CT molecular complexity index is 188. The van der Waals surface area contributed by atoms with E-state index in [1.165, 1.54) is 12.8 Å². The second-order valence-corrected chi connectivity index (χ2v) is 4.93. The number of nitrogens with zero attached hydrogens (tertiary/aromatic N) is 1. The van der Waals surface area contributed by atoms with Crippen LogP contribution in [0.5, 0.6) is 0 Å². The minimum absolute atomic E-state index is 0.633. The number of likely N-dealkylation sites (N-methyl/N-ethyl adjacent to an activating group) is 1. The van der Waals surface area contributed by atoms with Crippen LogP contribution in [-0.4, -0.2) is 64.1 Å². The first-order valence-corrected chi connectivity index (χ1v) is 7.36. The maximum atomic E-state index is 5.46. The fraction of sp³-hybridized carbons (Fsp3) is 1.00. The van der Waals surface area contributed by atoms with Crippen molar-refractivity contribution in [2.24, 2.45) is 5.92 Å². The van der Waals surface area contributed by atoms with E-state index in [9.17, 15) is 0 Å². The first kappa shape index (κ1) is 15.9. The van der Waals surface area contributed by atoms with Crippen LogP contribution < -0.4 is 5.32 Å². The van der Waals surface area contributed by atoms with Gasteiger partial charge in [-0.1, -0.05) is 0 Å². The van der Waals surface area contributed by atoms with Gasteiger partial charge in [0.05, 0.1) is 13.2 Å². The molecular weight excluding hydrogens is 228 g/mol. The van der Waals surface area contributed by atoms with Crippen LogP contribution >= 0.6 is 0 Å². The lowest BCUT2D eigenvalue weighted by molar-refractivity contribution is 0.0776. The molecule has 0 bridgehead atoms. The summed E-state index contributed by atoms with van der Waals surface area (Å²) in [4.78, 5) is 2.46. The summed E-state index contributed by atoms with van der Waals surface area (Å²) >= 11 is 0. The zero-order valence-electron chi connectivity index (χ0n) is 12.3. The fourth-order valence-corrected chi connectivity index (χ4v) is 2.22. The van der Waals surface area contributed by atoms with Gasteiger partial charge in [0.1, 0.15) is 0 Å². The van der Waals surface area contributed by atoms with E-state index in [0.717, 1.165) is 52.0 Å². The predicted octanol–water partition coefficient (Wildman–Crippen LogP) is 1.36. The van der Waals surface area contributed by atoms with E-state index in [1.807, 2.05) is 13.8 Å². The molecule has 1 rings (SSSR count). The molecule has 4 heteroatoms. The van der Waals surface area contributed by atoms with E-state index in [0.29, 0.717) is 6.04 Å². The monoisotopic (exact) mass is 258 g/mol. The molecule has 0 aromatic rings. The van der Waals surface area contributed by atoms with Crippen LogP contribution in [0.2, 0.25) is 0 Å². The van der Waals surface area contributed by atoms with E-state index >= 15 is 0 Å². The number of rotatable bonds is 12. The maximum absolute atomic E-state index is 5.46. The normalized spacial score (nSPS) is 17.3. The Hall–Kier alpha value is -0.160. The minimum atomic E-state index is 0.633. The summed E-state index contributed by atoms with van der Waals surface area (Å²) in [5.74, 6) is 0.886. The Balaban J connectivity index is 2.26. The molecule has 1 aliphatic carbocycles. The Labute approximate surface area is 112 Å². The quantitative estimate of drug-likeness (QED) is 0.536. The van der Waals surface area contributed by atoms with Gasteiger partial charge in [-0.25, -0.2) is 0 Å². The summed E-state index contributed by atoms with van der Waals surface area (Å²) in [5, 5.41) is 3.45. The minimum Gasteiger partial charge on any atom is -0.380 e. The maximum Gasteiger partial charge on any atom is 0.0593 e. The second-order valence-electron chi connectivity index (χ2n) is 4.93. The van der Waals surface area contributed by atoms with Gasteiger partial charge in [-0.15, -0.1) is 0 Å². The molecule has 0 aliphatic heterocycles. The van der Waals surface area contributed by atoms with Gasteiger partial charge in [0.25, 0.3) is 0 Å². The SMILES string of the molecule is CCOCCN(CCOCC)CC(NC)C1CC1. The van der Waals surface area contributed by atoms with Gasteiger partial charge in [0, 0.05) is 38.9 Å². The number of ether oxygens (including phenoxy) is 2. The summed E-state index contributed by atoms with van der Waals surface area (Å²) in [6.07, 6.45) is 2.77. The highest BCUT2D eigenvalue weighted by Gasteiger charge is 2.31. The van der Waals surface area contributed by atoms with E-state index in [2.05, 4.69) is 17.3 Å². The molecule has 1 N–H and O–H groups in total. The highest BCUT2D eigenvalue weighted by atomic mass is 16.5. The molecule has 18 heavy (non-hydrogen) atoms. The lowest BCUT2D eigenvalue weighted by Gasteiger charge is -2.27. The van der Waals surface area contributed by atoms with Crippen LogP contribution in [0.25, 0.3) is 0 Å². The largest absolute Gasteiger partial charge is 0.380 e. The summed E-state index contributed by atoms with van der Waals surface area (Å²) < 4.78 is 10.9. The molecule has 4 nitrogen and oxygen atoms in total. The molecular formula is C14H30N2O2. The van der Waals surface area contributed by atoms with Gasteiger partial charge >= 0.3 is 0 Å². The summed E-state index contributed by atoms with van der Waals surface area (Å²) in [5.41, 5.74) is 0. The van der Waals surface area contributed by atoms with Crippen LogP contribution in [0.1, 0.15) is 26.7 Å². The number of nitrogens with one attached hydrogen (secondary N) is 1. The third-order valence-electron chi connectivity index (χ3n) is 3.53. The van der Waals surface area contributed by atoms with E-state index in [-0.39, 0.29) is 0 Å². The highest BCUT2D eigenvalue weighted by Crippen LogP contribution is 2.32. The lowest BCUT2D eigenvalue weighted by atomic mass is 10.1. The van der Waals surface area contributed by atoms with Crippen LogP contribution in [0.3, 0.4) is 0 Å². The van der Waals surface area contributed by atoms with Gasteiger partial charge in [0.15, 0.2) is 0 Å². The molecule has 0 aromatic heterocycles. The van der Waals surface area contributed by atoms with Crippen LogP contribution in [0.15, 0.2) is 0 Å². The molecule has 0 aromatic carbocycles. The first-order chi connectivity index (χ1) is 8.81. The first-order valence-electron chi connectivity index (χ1n) is 7.36. The fourth-order valence-electron chi connectivity index (χ4n) is 2.22. The van der Waals surface area contributed by atoms with Crippen molar-refractivity contribution in [2.45, 2.75) is 32.7 Å². The summed E-state index contributed by atoms with van der Waals surface area (Å²) in [6, 6.07) is 0.633. The van der Waals surface area contributed by atoms with Crippen molar-refractivity contribution in [1.29, 1.82) is 0 Å². The van der Waals surface area contributed by atoms with Crippen molar-refractivity contribution < 1.29 is 9.47 Å². The van der Waals surface area contributed by atoms with Crippen molar-refractivity contribution >= 4 is 0 Å². The third-order valence-corrected chi connectivity index (χ3v) is 3.53. The molecule has 1 unspecified atom stereocenters. The van der Waals surface area contributed by atoms with Crippen molar-refractivity contribution in [1.82, 2.24) is 10.2 Å². The van der Waals surface area contributed by atoms with Crippen LogP contribution in [0, 0.1) is 5.92 Å².